The fraction of sp³-hybridized carbons (Fsp3) is 0.429. The average Bonchev–Trinajstić information content (AvgIpc) is 2.46. The van der Waals surface area contributed by atoms with E-state index in [0.717, 1.165) is 24.6 Å². The molecule has 9 heteroatoms. The fourth-order valence-corrected chi connectivity index (χ4v) is 1.97. The Labute approximate surface area is 132 Å². The van der Waals surface area contributed by atoms with E-state index in [4.69, 9.17) is 5.11 Å². The molecule has 1 aromatic rings. The summed E-state index contributed by atoms with van der Waals surface area (Å²) < 4.78 is 13.6. The maximum atomic E-state index is 13.6. The molecule has 0 radical (unpaired) electrons. The van der Waals surface area contributed by atoms with E-state index in [0.29, 0.717) is 6.54 Å². The van der Waals surface area contributed by atoms with Crippen LogP contribution in [0.3, 0.4) is 0 Å². The summed E-state index contributed by atoms with van der Waals surface area (Å²) in [6.45, 7) is 2.41. The number of anilines is 1. The number of hydrogen-bond donors (Lipinski definition) is 2. The predicted molar refractivity (Wildman–Crippen MR) is 80.7 cm³/mol. The van der Waals surface area contributed by atoms with Crippen LogP contribution in [-0.2, 0) is 9.59 Å². The number of amides is 1. The van der Waals surface area contributed by atoms with E-state index in [9.17, 15) is 24.1 Å². The highest BCUT2D eigenvalue weighted by Crippen LogP contribution is 2.21. The van der Waals surface area contributed by atoms with Crippen LogP contribution in [0.2, 0.25) is 0 Å². The summed E-state index contributed by atoms with van der Waals surface area (Å²) in [4.78, 5) is 34.1. The fourth-order valence-electron chi connectivity index (χ4n) is 1.97. The SMILES string of the molecule is CCCN(CCC(=O)Nc1cc([N+](=O)[O-])ccc1F)CC(=O)O. The number of carbonyl (C=O) groups is 2. The summed E-state index contributed by atoms with van der Waals surface area (Å²) in [5.74, 6) is -2.32. The van der Waals surface area contributed by atoms with E-state index in [-0.39, 0.29) is 30.9 Å². The highest BCUT2D eigenvalue weighted by Gasteiger charge is 2.15. The van der Waals surface area contributed by atoms with Crippen LogP contribution >= 0.6 is 0 Å². The van der Waals surface area contributed by atoms with Crippen molar-refractivity contribution in [1.82, 2.24) is 4.90 Å². The lowest BCUT2D eigenvalue weighted by Crippen LogP contribution is -2.33. The van der Waals surface area contributed by atoms with Crippen molar-refractivity contribution in [1.29, 1.82) is 0 Å². The maximum Gasteiger partial charge on any atom is 0.317 e. The lowest BCUT2D eigenvalue weighted by molar-refractivity contribution is -0.384. The molecule has 8 nitrogen and oxygen atoms in total. The van der Waals surface area contributed by atoms with E-state index in [1.165, 1.54) is 0 Å². The normalized spacial score (nSPS) is 10.6. The van der Waals surface area contributed by atoms with Gasteiger partial charge < -0.3 is 10.4 Å². The van der Waals surface area contributed by atoms with Gasteiger partial charge in [-0.1, -0.05) is 6.92 Å². The average molecular weight is 327 g/mol. The number of halogens is 1. The van der Waals surface area contributed by atoms with Crippen LogP contribution in [0.1, 0.15) is 19.8 Å². The number of rotatable bonds is 9. The number of nitro groups is 1. The van der Waals surface area contributed by atoms with Gasteiger partial charge in [0.1, 0.15) is 5.82 Å². The number of hydrogen-bond acceptors (Lipinski definition) is 5. The van der Waals surface area contributed by atoms with Crippen LogP contribution in [0.4, 0.5) is 15.8 Å². The van der Waals surface area contributed by atoms with Gasteiger partial charge in [0.2, 0.25) is 5.91 Å². The molecule has 0 aromatic heterocycles. The lowest BCUT2D eigenvalue weighted by Gasteiger charge is -2.18. The molecule has 2 N–H and O–H groups in total. The van der Waals surface area contributed by atoms with Crippen molar-refractivity contribution in [3.63, 3.8) is 0 Å². The van der Waals surface area contributed by atoms with Crippen LogP contribution in [0, 0.1) is 15.9 Å². The largest absolute Gasteiger partial charge is 0.480 e. The van der Waals surface area contributed by atoms with Gasteiger partial charge in [0.05, 0.1) is 17.2 Å². The molecular weight excluding hydrogens is 309 g/mol. The number of benzene rings is 1. The number of nitrogens with zero attached hydrogens (tertiary/aromatic N) is 2. The zero-order valence-electron chi connectivity index (χ0n) is 12.6. The molecule has 0 heterocycles. The van der Waals surface area contributed by atoms with Gasteiger partial charge in [-0.15, -0.1) is 0 Å². The lowest BCUT2D eigenvalue weighted by atomic mass is 10.2. The van der Waals surface area contributed by atoms with Gasteiger partial charge in [0.25, 0.3) is 5.69 Å². The molecule has 1 rings (SSSR count). The summed E-state index contributed by atoms with van der Waals surface area (Å²) in [6.07, 6.45) is 0.684. The summed E-state index contributed by atoms with van der Waals surface area (Å²) in [5, 5.41) is 21.7. The first-order valence-electron chi connectivity index (χ1n) is 7.01. The Morgan fingerprint density at radius 2 is 2.09 bits per heavy atom. The van der Waals surface area contributed by atoms with Crippen molar-refractivity contribution >= 4 is 23.3 Å². The molecule has 0 aliphatic heterocycles. The van der Waals surface area contributed by atoms with Gasteiger partial charge in [0.15, 0.2) is 0 Å². The number of nitro benzene ring substituents is 1. The highest BCUT2D eigenvalue weighted by atomic mass is 19.1. The molecule has 0 saturated heterocycles. The number of non-ortho nitro benzene ring substituents is 1. The summed E-state index contributed by atoms with van der Waals surface area (Å²) in [7, 11) is 0. The number of nitrogens with one attached hydrogen (secondary N) is 1. The number of carbonyl (C=O) groups excluding carboxylic acids is 1. The van der Waals surface area contributed by atoms with Crippen LogP contribution < -0.4 is 5.32 Å². The minimum absolute atomic E-state index is 0.0462. The van der Waals surface area contributed by atoms with Gasteiger partial charge in [-0.05, 0) is 19.0 Å². The van der Waals surface area contributed by atoms with E-state index in [1.54, 1.807) is 4.90 Å². The Bertz CT molecular complexity index is 594. The van der Waals surface area contributed by atoms with E-state index >= 15 is 0 Å². The third kappa shape index (κ3) is 6.39. The topological polar surface area (TPSA) is 113 Å². The van der Waals surface area contributed by atoms with E-state index < -0.39 is 22.6 Å². The smallest absolute Gasteiger partial charge is 0.317 e. The molecule has 23 heavy (non-hydrogen) atoms. The van der Waals surface area contributed by atoms with Crippen LogP contribution in [0.15, 0.2) is 18.2 Å². The quantitative estimate of drug-likeness (QED) is 0.529. The molecule has 0 spiro atoms. The molecule has 0 aliphatic carbocycles. The minimum Gasteiger partial charge on any atom is -0.480 e. The van der Waals surface area contributed by atoms with Crippen molar-refractivity contribution in [2.75, 3.05) is 25.0 Å². The molecule has 1 amide bonds. The van der Waals surface area contributed by atoms with Crippen molar-refractivity contribution in [2.45, 2.75) is 19.8 Å². The second-order valence-electron chi connectivity index (χ2n) is 4.89. The Balaban J connectivity index is 2.64. The number of aliphatic carboxylic acids is 1. The highest BCUT2D eigenvalue weighted by molar-refractivity contribution is 5.91. The van der Waals surface area contributed by atoms with Gasteiger partial charge in [-0.3, -0.25) is 24.6 Å². The maximum absolute atomic E-state index is 13.6. The third-order valence-electron chi connectivity index (χ3n) is 2.99. The Kier molecular flexibility index (Phi) is 7.07. The third-order valence-corrected chi connectivity index (χ3v) is 2.99. The molecule has 0 aliphatic rings. The van der Waals surface area contributed by atoms with E-state index in [1.807, 2.05) is 6.92 Å². The second kappa shape index (κ2) is 8.79. The first kappa shape index (κ1) is 18.5. The van der Waals surface area contributed by atoms with Crippen molar-refractivity contribution < 1.29 is 24.0 Å². The number of carboxylic acids is 1. The number of carboxylic acid groups (broad SMARTS) is 1. The van der Waals surface area contributed by atoms with Crippen LogP contribution in [0.25, 0.3) is 0 Å². The molecule has 0 saturated carbocycles. The van der Waals surface area contributed by atoms with E-state index in [2.05, 4.69) is 5.32 Å². The zero-order chi connectivity index (χ0) is 17.4. The predicted octanol–water partition coefficient (Wildman–Crippen LogP) is 1.86. The monoisotopic (exact) mass is 327 g/mol. The summed E-state index contributed by atoms with van der Waals surface area (Å²) in [6, 6.07) is 2.84. The zero-order valence-corrected chi connectivity index (χ0v) is 12.6. The van der Waals surface area contributed by atoms with Crippen LogP contribution in [-0.4, -0.2) is 46.4 Å². The van der Waals surface area contributed by atoms with Gasteiger partial charge >= 0.3 is 5.97 Å². The Morgan fingerprint density at radius 1 is 1.39 bits per heavy atom. The second-order valence-corrected chi connectivity index (χ2v) is 4.89. The Morgan fingerprint density at radius 3 is 2.65 bits per heavy atom. The van der Waals surface area contributed by atoms with Crippen LogP contribution in [0.5, 0.6) is 0 Å². The van der Waals surface area contributed by atoms with Crippen molar-refractivity contribution in [3.8, 4) is 0 Å². The summed E-state index contributed by atoms with van der Waals surface area (Å²) in [5.41, 5.74) is -0.607. The molecule has 0 fully saturated rings. The molecule has 1 aromatic carbocycles. The first-order valence-corrected chi connectivity index (χ1v) is 7.01. The van der Waals surface area contributed by atoms with Crippen molar-refractivity contribution in [2.24, 2.45) is 0 Å². The molecule has 126 valence electrons. The van der Waals surface area contributed by atoms with Crippen molar-refractivity contribution in [3.05, 3.63) is 34.1 Å². The van der Waals surface area contributed by atoms with Gasteiger partial charge in [0, 0.05) is 25.1 Å². The van der Waals surface area contributed by atoms with Gasteiger partial charge in [-0.2, -0.15) is 0 Å². The minimum atomic E-state index is -0.997. The first-order chi connectivity index (χ1) is 10.8. The molecule has 0 unspecified atom stereocenters. The molecular formula is C14H18FN3O5. The van der Waals surface area contributed by atoms with Gasteiger partial charge in [-0.25, -0.2) is 4.39 Å². The Hall–Kier alpha value is -2.55. The molecule has 0 atom stereocenters. The standard InChI is InChI=1S/C14H18FN3O5/c1-2-6-17(9-14(20)21)7-5-13(19)16-12-8-10(18(22)23)3-4-11(12)15/h3-4,8H,2,5-7,9H2,1H3,(H,16,19)(H,20,21). The molecule has 0 bridgehead atoms. The summed E-state index contributed by atoms with van der Waals surface area (Å²) >= 11 is 0.